The van der Waals surface area contributed by atoms with Crippen LogP contribution in [0.1, 0.15) is 25.3 Å². The zero-order valence-electron chi connectivity index (χ0n) is 12.7. The molecule has 0 amide bonds. The molecule has 2 rings (SSSR count). The third-order valence-electron chi connectivity index (χ3n) is 4.23. The largest absolute Gasteiger partial charge is 0.329 e. The van der Waals surface area contributed by atoms with Gasteiger partial charge in [-0.3, -0.25) is 9.80 Å². The van der Waals surface area contributed by atoms with E-state index in [9.17, 15) is 8.78 Å². The molecule has 0 bridgehead atoms. The Morgan fingerprint density at radius 3 is 2.48 bits per heavy atom. The fraction of sp³-hybridized carbons (Fsp3) is 0.625. The number of nitrogens with zero attached hydrogens (tertiary/aromatic N) is 2. The van der Waals surface area contributed by atoms with Gasteiger partial charge in [0.05, 0.1) is 0 Å². The third-order valence-corrected chi connectivity index (χ3v) is 4.23. The first kappa shape index (κ1) is 16.3. The highest BCUT2D eigenvalue weighted by molar-refractivity contribution is 5.18. The summed E-state index contributed by atoms with van der Waals surface area (Å²) in [4.78, 5) is 4.65. The van der Waals surface area contributed by atoms with Crippen molar-refractivity contribution in [1.29, 1.82) is 0 Å². The van der Waals surface area contributed by atoms with E-state index in [1.54, 1.807) is 0 Å². The van der Waals surface area contributed by atoms with Crippen LogP contribution < -0.4 is 5.73 Å². The SMILES string of the molecule is CCCC(CN)N1CCN(Cc2ccc(F)cc2F)CC1. The van der Waals surface area contributed by atoms with Crippen LogP contribution in [0.25, 0.3) is 0 Å². The van der Waals surface area contributed by atoms with E-state index >= 15 is 0 Å². The van der Waals surface area contributed by atoms with Crippen molar-refractivity contribution in [3.63, 3.8) is 0 Å². The maximum Gasteiger partial charge on any atom is 0.130 e. The van der Waals surface area contributed by atoms with Crippen molar-refractivity contribution >= 4 is 0 Å². The van der Waals surface area contributed by atoms with Crippen molar-refractivity contribution < 1.29 is 8.78 Å². The minimum absolute atomic E-state index is 0.455. The van der Waals surface area contributed by atoms with Crippen LogP contribution >= 0.6 is 0 Å². The standard InChI is InChI=1S/C16H25F2N3/c1-2-3-15(11-19)21-8-6-20(7-9-21)12-13-4-5-14(17)10-16(13)18/h4-5,10,15H,2-3,6-9,11-12,19H2,1H3. The molecule has 1 aliphatic rings. The average Bonchev–Trinajstić information content (AvgIpc) is 2.48. The highest BCUT2D eigenvalue weighted by Crippen LogP contribution is 2.15. The lowest BCUT2D eigenvalue weighted by molar-refractivity contribution is 0.0898. The lowest BCUT2D eigenvalue weighted by atomic mass is 10.1. The molecule has 1 aromatic carbocycles. The lowest BCUT2D eigenvalue weighted by Crippen LogP contribution is -2.52. The van der Waals surface area contributed by atoms with E-state index in [0.717, 1.165) is 45.1 Å². The van der Waals surface area contributed by atoms with Crippen LogP contribution in [0.5, 0.6) is 0 Å². The van der Waals surface area contributed by atoms with Crippen molar-refractivity contribution in [2.75, 3.05) is 32.7 Å². The first-order chi connectivity index (χ1) is 10.1. The van der Waals surface area contributed by atoms with Crippen LogP contribution in [0, 0.1) is 11.6 Å². The van der Waals surface area contributed by atoms with Gasteiger partial charge >= 0.3 is 0 Å². The Hall–Kier alpha value is -1.04. The second kappa shape index (κ2) is 7.82. The Morgan fingerprint density at radius 2 is 1.90 bits per heavy atom. The molecule has 1 fully saturated rings. The molecule has 21 heavy (non-hydrogen) atoms. The molecule has 1 saturated heterocycles. The van der Waals surface area contributed by atoms with Gasteiger partial charge in [-0.2, -0.15) is 0 Å². The first-order valence-electron chi connectivity index (χ1n) is 7.74. The van der Waals surface area contributed by atoms with Crippen molar-refractivity contribution in [1.82, 2.24) is 9.80 Å². The molecular formula is C16H25F2N3. The van der Waals surface area contributed by atoms with Gasteiger partial charge in [-0.25, -0.2) is 8.78 Å². The lowest BCUT2D eigenvalue weighted by Gasteiger charge is -2.39. The summed E-state index contributed by atoms with van der Waals surface area (Å²) in [7, 11) is 0. The quantitative estimate of drug-likeness (QED) is 0.874. The molecular weight excluding hydrogens is 272 g/mol. The van der Waals surface area contributed by atoms with Crippen LogP contribution in [0.4, 0.5) is 8.78 Å². The maximum absolute atomic E-state index is 13.7. The van der Waals surface area contributed by atoms with Crippen LogP contribution in [0.2, 0.25) is 0 Å². The summed E-state index contributed by atoms with van der Waals surface area (Å²) >= 11 is 0. The summed E-state index contributed by atoms with van der Waals surface area (Å²) in [5.41, 5.74) is 6.41. The van der Waals surface area contributed by atoms with E-state index < -0.39 is 11.6 Å². The van der Waals surface area contributed by atoms with Crippen molar-refractivity contribution in [2.45, 2.75) is 32.4 Å². The summed E-state index contributed by atoms with van der Waals surface area (Å²) in [6.45, 7) is 7.14. The molecule has 5 heteroatoms. The summed E-state index contributed by atoms with van der Waals surface area (Å²) in [5.74, 6) is -0.977. The van der Waals surface area contributed by atoms with Gasteiger partial charge in [0.25, 0.3) is 0 Å². The number of piperazine rings is 1. The van der Waals surface area contributed by atoms with E-state index in [4.69, 9.17) is 5.73 Å². The topological polar surface area (TPSA) is 32.5 Å². The number of hydrogen-bond acceptors (Lipinski definition) is 3. The Morgan fingerprint density at radius 1 is 1.19 bits per heavy atom. The van der Waals surface area contributed by atoms with Crippen LogP contribution in [0.15, 0.2) is 18.2 Å². The van der Waals surface area contributed by atoms with Crippen molar-refractivity contribution in [3.05, 3.63) is 35.4 Å². The monoisotopic (exact) mass is 297 g/mol. The number of halogens is 2. The predicted molar refractivity (Wildman–Crippen MR) is 81.0 cm³/mol. The van der Waals surface area contributed by atoms with Crippen molar-refractivity contribution in [3.8, 4) is 0 Å². The molecule has 2 N–H and O–H groups in total. The zero-order chi connectivity index (χ0) is 15.2. The fourth-order valence-corrected chi connectivity index (χ4v) is 2.96. The average molecular weight is 297 g/mol. The maximum atomic E-state index is 13.7. The Labute approximate surface area is 125 Å². The van der Waals surface area contributed by atoms with E-state index in [2.05, 4.69) is 16.7 Å². The molecule has 0 radical (unpaired) electrons. The van der Waals surface area contributed by atoms with Crippen LogP contribution in [-0.2, 0) is 6.54 Å². The van der Waals surface area contributed by atoms with Gasteiger partial charge in [0.1, 0.15) is 11.6 Å². The summed E-state index contributed by atoms with van der Waals surface area (Å²) in [5, 5.41) is 0. The van der Waals surface area contributed by atoms with E-state index in [1.165, 1.54) is 12.1 Å². The van der Waals surface area contributed by atoms with E-state index in [-0.39, 0.29) is 0 Å². The van der Waals surface area contributed by atoms with Gasteiger partial charge in [-0.05, 0) is 12.5 Å². The van der Waals surface area contributed by atoms with Gasteiger partial charge in [0.2, 0.25) is 0 Å². The van der Waals surface area contributed by atoms with Gasteiger partial charge in [-0.15, -0.1) is 0 Å². The van der Waals surface area contributed by atoms with Gasteiger partial charge < -0.3 is 5.73 Å². The van der Waals surface area contributed by atoms with Gasteiger partial charge in [0, 0.05) is 56.9 Å². The number of rotatable bonds is 6. The first-order valence-corrected chi connectivity index (χ1v) is 7.74. The molecule has 118 valence electrons. The molecule has 0 aromatic heterocycles. The minimum Gasteiger partial charge on any atom is -0.329 e. The van der Waals surface area contributed by atoms with E-state index in [1.807, 2.05) is 0 Å². The molecule has 0 saturated carbocycles. The molecule has 1 unspecified atom stereocenters. The highest BCUT2D eigenvalue weighted by atomic mass is 19.1. The number of hydrogen-bond donors (Lipinski definition) is 1. The normalized spacial score (nSPS) is 18.9. The fourth-order valence-electron chi connectivity index (χ4n) is 2.96. The van der Waals surface area contributed by atoms with E-state index in [0.29, 0.717) is 24.7 Å². The second-order valence-corrected chi connectivity index (χ2v) is 5.73. The minimum atomic E-state index is -0.522. The molecule has 0 aliphatic carbocycles. The molecule has 1 aromatic rings. The summed E-state index contributed by atoms with van der Waals surface area (Å²) in [6, 6.07) is 4.27. The molecule has 0 spiro atoms. The third kappa shape index (κ3) is 4.46. The van der Waals surface area contributed by atoms with Crippen molar-refractivity contribution in [2.24, 2.45) is 5.73 Å². The Kier molecular flexibility index (Phi) is 6.08. The molecule has 1 atom stereocenters. The number of benzene rings is 1. The highest BCUT2D eigenvalue weighted by Gasteiger charge is 2.22. The Bertz CT molecular complexity index is 445. The summed E-state index contributed by atoms with van der Waals surface area (Å²) < 4.78 is 26.6. The predicted octanol–water partition coefficient (Wildman–Crippen LogP) is 2.21. The second-order valence-electron chi connectivity index (χ2n) is 5.73. The summed E-state index contributed by atoms with van der Waals surface area (Å²) in [6.07, 6.45) is 2.27. The van der Waals surface area contributed by atoms with Crippen LogP contribution in [0.3, 0.4) is 0 Å². The zero-order valence-corrected chi connectivity index (χ0v) is 12.7. The van der Waals surface area contributed by atoms with Gasteiger partial charge in [0.15, 0.2) is 0 Å². The molecule has 1 aliphatic heterocycles. The Balaban J connectivity index is 1.86. The smallest absolute Gasteiger partial charge is 0.130 e. The van der Waals surface area contributed by atoms with Crippen LogP contribution in [-0.4, -0.2) is 48.6 Å². The molecule has 3 nitrogen and oxygen atoms in total. The van der Waals surface area contributed by atoms with Gasteiger partial charge in [-0.1, -0.05) is 19.4 Å². The molecule has 1 heterocycles. The number of nitrogens with two attached hydrogens (primary N) is 1.